The molecule has 0 N–H and O–H groups in total. The van der Waals surface area contributed by atoms with Crippen molar-refractivity contribution < 1.29 is 14.1 Å². The van der Waals surface area contributed by atoms with E-state index in [1.165, 1.54) is 13.0 Å². The van der Waals surface area contributed by atoms with Crippen LogP contribution in [0.4, 0.5) is 10.1 Å². The fraction of sp³-hybridized carbons (Fsp3) is 0.538. The molecule has 0 saturated carbocycles. The van der Waals surface area contributed by atoms with E-state index in [-0.39, 0.29) is 17.0 Å². The van der Waals surface area contributed by atoms with Gasteiger partial charge in [0.15, 0.2) is 0 Å². The molecule has 0 unspecified atom stereocenters. The SMILES string of the molecule is Cc1c(F)cc(OCC[Si](C)(C)C)c(C)c1[N+](=O)[O-]. The Hall–Kier alpha value is -1.43. The van der Waals surface area contributed by atoms with Crippen LogP contribution in [0, 0.1) is 29.8 Å². The van der Waals surface area contributed by atoms with Crippen LogP contribution in [0.2, 0.25) is 25.7 Å². The van der Waals surface area contributed by atoms with Gasteiger partial charge in [-0.1, -0.05) is 19.6 Å². The number of rotatable bonds is 5. The summed E-state index contributed by atoms with van der Waals surface area (Å²) in [5, 5.41) is 11.0. The minimum absolute atomic E-state index is 0.0556. The molecule has 0 aliphatic heterocycles. The normalized spacial score (nSPS) is 11.5. The maximum Gasteiger partial charge on any atom is 0.281 e. The molecule has 106 valence electrons. The van der Waals surface area contributed by atoms with Crippen LogP contribution in [-0.4, -0.2) is 19.6 Å². The molecule has 1 aromatic carbocycles. The lowest BCUT2D eigenvalue weighted by Crippen LogP contribution is -2.22. The maximum absolute atomic E-state index is 13.7. The molecule has 0 heterocycles. The maximum atomic E-state index is 13.7. The molecule has 0 aliphatic rings. The van der Waals surface area contributed by atoms with Gasteiger partial charge in [-0.15, -0.1) is 0 Å². The van der Waals surface area contributed by atoms with Crippen molar-refractivity contribution in [3.63, 3.8) is 0 Å². The van der Waals surface area contributed by atoms with Gasteiger partial charge in [0.1, 0.15) is 11.6 Å². The molecule has 0 saturated heterocycles. The predicted octanol–water partition coefficient (Wildman–Crippen LogP) is 4.07. The smallest absolute Gasteiger partial charge is 0.281 e. The van der Waals surface area contributed by atoms with Crippen LogP contribution in [0.5, 0.6) is 5.75 Å². The van der Waals surface area contributed by atoms with E-state index in [1.807, 2.05) is 0 Å². The summed E-state index contributed by atoms with van der Waals surface area (Å²) >= 11 is 0. The first-order valence-electron chi connectivity index (χ1n) is 6.20. The summed E-state index contributed by atoms with van der Waals surface area (Å²) in [5.41, 5.74) is 0.252. The number of nitro groups is 1. The second kappa shape index (κ2) is 5.69. The van der Waals surface area contributed by atoms with Crippen LogP contribution in [0.1, 0.15) is 11.1 Å². The van der Waals surface area contributed by atoms with E-state index in [1.54, 1.807) is 6.92 Å². The lowest BCUT2D eigenvalue weighted by Gasteiger charge is -2.17. The molecule has 19 heavy (non-hydrogen) atoms. The van der Waals surface area contributed by atoms with Gasteiger partial charge in [-0.3, -0.25) is 10.1 Å². The first-order valence-corrected chi connectivity index (χ1v) is 9.91. The number of nitro benzene ring substituents is 1. The number of hydrogen-bond acceptors (Lipinski definition) is 3. The van der Waals surface area contributed by atoms with Gasteiger partial charge < -0.3 is 4.74 Å². The summed E-state index contributed by atoms with van der Waals surface area (Å²) < 4.78 is 19.2. The molecule has 0 fully saturated rings. The number of hydrogen-bond donors (Lipinski definition) is 0. The Balaban J connectivity index is 3.00. The van der Waals surface area contributed by atoms with Gasteiger partial charge in [0.05, 0.1) is 22.7 Å². The Bertz CT molecular complexity index is 498. The molecular formula is C13H20FNO3Si. The summed E-state index contributed by atoms with van der Waals surface area (Å²) in [6.45, 7) is 10.1. The van der Waals surface area contributed by atoms with Crippen LogP contribution in [-0.2, 0) is 0 Å². The van der Waals surface area contributed by atoms with Gasteiger partial charge in [-0.05, 0) is 19.9 Å². The minimum Gasteiger partial charge on any atom is -0.493 e. The molecule has 0 atom stereocenters. The molecule has 0 bridgehead atoms. The Kier molecular flexibility index (Phi) is 4.68. The second-order valence-electron chi connectivity index (χ2n) is 5.87. The van der Waals surface area contributed by atoms with E-state index < -0.39 is 18.8 Å². The van der Waals surface area contributed by atoms with E-state index in [0.29, 0.717) is 12.2 Å². The van der Waals surface area contributed by atoms with Gasteiger partial charge in [-0.2, -0.15) is 0 Å². The van der Waals surface area contributed by atoms with Crippen molar-refractivity contribution in [3.05, 3.63) is 33.1 Å². The number of benzene rings is 1. The number of halogens is 1. The standard InChI is InChI=1S/C13H20FNO3Si/c1-9-11(14)8-12(10(2)13(9)15(16)17)18-6-7-19(3,4)5/h8H,6-7H2,1-5H3. The average molecular weight is 285 g/mol. The van der Waals surface area contributed by atoms with E-state index in [2.05, 4.69) is 19.6 Å². The summed E-state index contributed by atoms with van der Waals surface area (Å²) in [6.07, 6.45) is 0. The molecule has 0 radical (unpaired) electrons. The summed E-state index contributed by atoms with van der Waals surface area (Å²) in [7, 11) is -1.24. The van der Waals surface area contributed by atoms with E-state index >= 15 is 0 Å². The van der Waals surface area contributed by atoms with Gasteiger partial charge in [0, 0.05) is 14.1 Å². The highest BCUT2D eigenvalue weighted by Gasteiger charge is 2.23. The lowest BCUT2D eigenvalue weighted by atomic mass is 10.1. The summed E-state index contributed by atoms with van der Waals surface area (Å²) in [4.78, 5) is 10.4. The monoisotopic (exact) mass is 285 g/mol. The van der Waals surface area contributed by atoms with Crippen molar-refractivity contribution in [2.24, 2.45) is 0 Å². The highest BCUT2D eigenvalue weighted by atomic mass is 28.3. The molecule has 0 aromatic heterocycles. The van der Waals surface area contributed by atoms with Gasteiger partial charge in [-0.25, -0.2) is 4.39 Å². The van der Waals surface area contributed by atoms with E-state index in [0.717, 1.165) is 6.04 Å². The Labute approximate surface area is 113 Å². The average Bonchev–Trinajstić information content (AvgIpc) is 2.23. The molecule has 1 rings (SSSR count). The molecule has 1 aromatic rings. The van der Waals surface area contributed by atoms with Crippen LogP contribution in [0.25, 0.3) is 0 Å². The van der Waals surface area contributed by atoms with Crippen molar-refractivity contribution in [1.82, 2.24) is 0 Å². The zero-order valence-electron chi connectivity index (χ0n) is 12.0. The topological polar surface area (TPSA) is 52.4 Å². The van der Waals surface area contributed by atoms with Crippen LogP contribution >= 0.6 is 0 Å². The molecule has 4 nitrogen and oxygen atoms in total. The Morgan fingerprint density at radius 1 is 1.32 bits per heavy atom. The lowest BCUT2D eigenvalue weighted by molar-refractivity contribution is -0.386. The molecule has 0 aliphatic carbocycles. The van der Waals surface area contributed by atoms with Crippen molar-refractivity contribution in [2.45, 2.75) is 39.5 Å². The fourth-order valence-corrected chi connectivity index (χ4v) is 2.45. The molecule has 6 heteroatoms. The number of ether oxygens (including phenoxy) is 1. The predicted molar refractivity (Wildman–Crippen MR) is 76.2 cm³/mol. The third-order valence-electron chi connectivity index (χ3n) is 2.99. The van der Waals surface area contributed by atoms with E-state index in [9.17, 15) is 14.5 Å². The van der Waals surface area contributed by atoms with Crippen molar-refractivity contribution in [1.29, 1.82) is 0 Å². The van der Waals surface area contributed by atoms with Crippen LogP contribution in [0.15, 0.2) is 6.07 Å². The first-order chi connectivity index (χ1) is 8.63. The summed E-state index contributed by atoms with van der Waals surface area (Å²) in [6, 6.07) is 2.16. The largest absolute Gasteiger partial charge is 0.493 e. The Morgan fingerprint density at radius 3 is 2.37 bits per heavy atom. The van der Waals surface area contributed by atoms with E-state index in [4.69, 9.17) is 4.74 Å². The summed E-state index contributed by atoms with van der Waals surface area (Å²) in [5.74, 6) is -0.326. The Morgan fingerprint density at radius 2 is 1.89 bits per heavy atom. The molecule has 0 spiro atoms. The minimum atomic E-state index is -1.24. The molecular weight excluding hydrogens is 265 g/mol. The third kappa shape index (κ3) is 4.02. The third-order valence-corrected chi connectivity index (χ3v) is 4.69. The van der Waals surface area contributed by atoms with Crippen LogP contribution < -0.4 is 4.74 Å². The zero-order chi connectivity index (χ0) is 14.8. The quantitative estimate of drug-likeness (QED) is 0.465. The van der Waals surface area contributed by atoms with Gasteiger partial charge in [0.2, 0.25) is 0 Å². The number of nitrogens with zero attached hydrogens (tertiary/aromatic N) is 1. The van der Waals surface area contributed by atoms with Crippen molar-refractivity contribution in [2.75, 3.05) is 6.61 Å². The zero-order valence-corrected chi connectivity index (χ0v) is 13.0. The highest BCUT2D eigenvalue weighted by Crippen LogP contribution is 2.33. The second-order valence-corrected chi connectivity index (χ2v) is 11.5. The van der Waals surface area contributed by atoms with Crippen molar-refractivity contribution >= 4 is 13.8 Å². The van der Waals surface area contributed by atoms with Crippen molar-refractivity contribution in [3.8, 4) is 5.75 Å². The van der Waals surface area contributed by atoms with Crippen LogP contribution in [0.3, 0.4) is 0 Å². The highest BCUT2D eigenvalue weighted by molar-refractivity contribution is 6.76. The molecule has 0 amide bonds. The fourth-order valence-electron chi connectivity index (χ4n) is 1.73. The van der Waals surface area contributed by atoms with Gasteiger partial charge >= 0.3 is 0 Å². The van der Waals surface area contributed by atoms with Gasteiger partial charge in [0.25, 0.3) is 5.69 Å². The first kappa shape index (κ1) is 15.6.